The van der Waals surface area contributed by atoms with Gasteiger partial charge >= 0.3 is 12.0 Å². The number of aromatic nitrogens is 1. The number of aliphatic hydroxyl groups is 1. The molecule has 0 spiro atoms. The molecule has 2 amide bonds. The zero-order valence-electron chi connectivity index (χ0n) is 9.17. The zero-order chi connectivity index (χ0) is 12.8. The number of hydrogen-bond acceptors (Lipinski definition) is 4. The van der Waals surface area contributed by atoms with Crippen LogP contribution in [0.2, 0.25) is 0 Å². The number of aliphatic carboxylic acids is 1. The lowest BCUT2D eigenvalue weighted by Gasteiger charge is -2.10. The van der Waals surface area contributed by atoms with Crippen LogP contribution in [0.1, 0.15) is 5.56 Å². The quantitative estimate of drug-likeness (QED) is 0.589. The van der Waals surface area contributed by atoms with Crippen LogP contribution in [0.25, 0.3) is 0 Å². The van der Waals surface area contributed by atoms with E-state index < -0.39 is 18.1 Å². The maximum Gasteiger partial charge on any atom is 0.334 e. The zero-order valence-corrected chi connectivity index (χ0v) is 9.17. The first-order valence-electron chi connectivity index (χ1n) is 4.87. The van der Waals surface area contributed by atoms with Crippen molar-refractivity contribution in [1.82, 2.24) is 10.3 Å². The normalized spacial score (nSPS) is 11.6. The van der Waals surface area contributed by atoms with Crippen LogP contribution in [0.5, 0.6) is 0 Å². The van der Waals surface area contributed by atoms with E-state index in [2.05, 4.69) is 15.6 Å². The van der Waals surface area contributed by atoms with Crippen molar-refractivity contribution in [3.05, 3.63) is 24.0 Å². The summed E-state index contributed by atoms with van der Waals surface area (Å²) in [5, 5.41) is 22.1. The molecule has 0 saturated carbocycles. The first kappa shape index (κ1) is 12.9. The number of nitrogens with one attached hydrogen (secondary N) is 2. The number of amides is 2. The summed E-state index contributed by atoms with van der Waals surface area (Å²) in [6.07, 6.45) is 1.45. The number of carbonyl (C=O) groups excluding carboxylic acids is 1. The molecule has 0 aromatic carbocycles. The second-order valence-electron chi connectivity index (χ2n) is 3.38. The molecule has 1 unspecified atom stereocenters. The monoisotopic (exact) mass is 239 g/mol. The lowest BCUT2D eigenvalue weighted by atomic mass is 10.2. The minimum atomic E-state index is -1.62. The van der Waals surface area contributed by atoms with E-state index in [9.17, 15) is 9.59 Å². The van der Waals surface area contributed by atoms with Crippen molar-refractivity contribution < 1.29 is 19.8 Å². The maximum atomic E-state index is 11.3. The van der Waals surface area contributed by atoms with E-state index in [1.807, 2.05) is 0 Å². The highest BCUT2D eigenvalue weighted by Gasteiger charge is 2.14. The van der Waals surface area contributed by atoms with Crippen molar-refractivity contribution in [2.45, 2.75) is 13.0 Å². The number of carboxylic acids is 1. The molecule has 0 saturated heterocycles. The number of aryl methyl sites for hydroxylation is 1. The number of carboxylic acid groups (broad SMARTS) is 1. The fourth-order valence-corrected chi connectivity index (χ4v) is 1.04. The van der Waals surface area contributed by atoms with Crippen LogP contribution >= 0.6 is 0 Å². The summed E-state index contributed by atoms with van der Waals surface area (Å²) in [5.74, 6) is -1.39. The second-order valence-corrected chi connectivity index (χ2v) is 3.38. The molecule has 1 heterocycles. The van der Waals surface area contributed by atoms with Crippen molar-refractivity contribution in [2.24, 2.45) is 0 Å². The molecule has 1 aromatic heterocycles. The summed E-state index contributed by atoms with van der Waals surface area (Å²) >= 11 is 0. The van der Waals surface area contributed by atoms with E-state index in [1.165, 1.54) is 6.20 Å². The van der Waals surface area contributed by atoms with Gasteiger partial charge < -0.3 is 20.8 Å². The topological polar surface area (TPSA) is 112 Å². The molecule has 0 fully saturated rings. The first-order valence-corrected chi connectivity index (χ1v) is 4.87. The van der Waals surface area contributed by atoms with Gasteiger partial charge in [0.15, 0.2) is 6.10 Å². The molecule has 17 heavy (non-hydrogen) atoms. The van der Waals surface area contributed by atoms with Crippen molar-refractivity contribution >= 4 is 17.7 Å². The van der Waals surface area contributed by atoms with Gasteiger partial charge in [-0.3, -0.25) is 4.98 Å². The molecule has 0 aliphatic heterocycles. The number of urea groups is 1. The predicted octanol–water partition coefficient (Wildman–Crippen LogP) is -0.0430. The van der Waals surface area contributed by atoms with Crippen molar-refractivity contribution in [1.29, 1.82) is 0 Å². The Hall–Kier alpha value is -2.15. The van der Waals surface area contributed by atoms with Crippen molar-refractivity contribution in [2.75, 3.05) is 11.9 Å². The molecule has 1 atom stereocenters. The summed E-state index contributed by atoms with van der Waals surface area (Å²) in [7, 11) is 0. The van der Waals surface area contributed by atoms with E-state index >= 15 is 0 Å². The van der Waals surface area contributed by atoms with E-state index in [-0.39, 0.29) is 6.54 Å². The maximum absolute atomic E-state index is 11.3. The van der Waals surface area contributed by atoms with E-state index in [4.69, 9.17) is 10.2 Å². The van der Waals surface area contributed by atoms with Gasteiger partial charge in [0.1, 0.15) is 0 Å². The molecule has 4 N–H and O–H groups in total. The number of hydrogen-bond donors (Lipinski definition) is 4. The molecule has 1 aromatic rings. The van der Waals surface area contributed by atoms with Crippen LogP contribution in [-0.4, -0.2) is 39.8 Å². The van der Waals surface area contributed by atoms with Gasteiger partial charge in [-0.1, -0.05) is 0 Å². The SMILES string of the molecule is Cc1ccncc1NC(=O)NCC(O)C(=O)O. The van der Waals surface area contributed by atoms with Gasteiger partial charge in [0.25, 0.3) is 0 Å². The lowest BCUT2D eigenvalue weighted by molar-refractivity contribution is -0.146. The Balaban J connectivity index is 2.46. The molecule has 7 heteroatoms. The van der Waals surface area contributed by atoms with Crippen molar-refractivity contribution in [3.63, 3.8) is 0 Å². The summed E-state index contributed by atoms with van der Waals surface area (Å²) in [6.45, 7) is 1.43. The lowest BCUT2D eigenvalue weighted by Crippen LogP contribution is -2.38. The minimum absolute atomic E-state index is 0.361. The van der Waals surface area contributed by atoms with Gasteiger partial charge in [-0.05, 0) is 18.6 Å². The number of anilines is 1. The summed E-state index contributed by atoms with van der Waals surface area (Å²) in [5.41, 5.74) is 1.35. The van der Waals surface area contributed by atoms with Crippen LogP contribution in [-0.2, 0) is 4.79 Å². The third-order valence-corrected chi connectivity index (χ3v) is 2.03. The average Bonchev–Trinajstić information content (AvgIpc) is 2.29. The highest BCUT2D eigenvalue weighted by molar-refractivity contribution is 5.90. The minimum Gasteiger partial charge on any atom is -0.479 e. The third kappa shape index (κ3) is 4.07. The second kappa shape index (κ2) is 5.80. The molecule has 0 radical (unpaired) electrons. The van der Waals surface area contributed by atoms with Crippen molar-refractivity contribution in [3.8, 4) is 0 Å². The number of aliphatic hydroxyl groups excluding tert-OH is 1. The molecular weight excluding hydrogens is 226 g/mol. The van der Waals surface area contributed by atoms with E-state index in [0.29, 0.717) is 5.69 Å². The summed E-state index contributed by atoms with van der Waals surface area (Å²) < 4.78 is 0. The van der Waals surface area contributed by atoms with Gasteiger partial charge in [-0.15, -0.1) is 0 Å². The number of carbonyl (C=O) groups is 2. The standard InChI is InChI=1S/C10H13N3O4/c1-6-2-3-11-4-7(6)13-10(17)12-5-8(14)9(15)16/h2-4,8,14H,5H2,1H3,(H,15,16)(H2,12,13,17). The molecule has 1 rings (SSSR count). The Morgan fingerprint density at radius 3 is 2.82 bits per heavy atom. The Morgan fingerprint density at radius 1 is 1.53 bits per heavy atom. The van der Waals surface area contributed by atoms with Crippen LogP contribution < -0.4 is 10.6 Å². The highest BCUT2D eigenvalue weighted by Crippen LogP contribution is 2.10. The molecule has 7 nitrogen and oxygen atoms in total. The molecule has 92 valence electrons. The van der Waals surface area contributed by atoms with E-state index in [0.717, 1.165) is 5.56 Å². The number of pyridine rings is 1. The van der Waals surface area contributed by atoms with Gasteiger partial charge in [0.2, 0.25) is 0 Å². The summed E-state index contributed by atoms with van der Waals surface area (Å²) in [4.78, 5) is 25.5. The van der Waals surface area contributed by atoms with E-state index in [1.54, 1.807) is 19.2 Å². The van der Waals surface area contributed by atoms with Gasteiger partial charge in [0.05, 0.1) is 18.4 Å². The first-order chi connectivity index (χ1) is 8.00. The van der Waals surface area contributed by atoms with Crippen LogP contribution in [0.3, 0.4) is 0 Å². The largest absolute Gasteiger partial charge is 0.479 e. The molecular formula is C10H13N3O4. The fourth-order valence-electron chi connectivity index (χ4n) is 1.04. The number of nitrogens with zero attached hydrogens (tertiary/aromatic N) is 1. The van der Waals surface area contributed by atoms with Gasteiger partial charge in [-0.25, -0.2) is 9.59 Å². The Bertz CT molecular complexity index is 422. The van der Waals surface area contributed by atoms with Crippen LogP contribution in [0.15, 0.2) is 18.5 Å². The van der Waals surface area contributed by atoms with Gasteiger partial charge in [-0.2, -0.15) is 0 Å². The summed E-state index contributed by atoms with van der Waals surface area (Å²) in [6, 6.07) is 1.13. The van der Waals surface area contributed by atoms with Crippen LogP contribution in [0, 0.1) is 6.92 Å². The Kier molecular flexibility index (Phi) is 4.41. The highest BCUT2D eigenvalue weighted by atomic mass is 16.4. The molecule has 0 aliphatic rings. The fraction of sp³-hybridized carbons (Fsp3) is 0.300. The predicted molar refractivity (Wildman–Crippen MR) is 59.6 cm³/mol. The smallest absolute Gasteiger partial charge is 0.334 e. The van der Waals surface area contributed by atoms with Gasteiger partial charge in [0, 0.05) is 6.20 Å². The Morgan fingerprint density at radius 2 is 2.24 bits per heavy atom. The third-order valence-electron chi connectivity index (χ3n) is 2.03. The molecule has 0 bridgehead atoms. The average molecular weight is 239 g/mol. The van der Waals surface area contributed by atoms with Crippen LogP contribution in [0.4, 0.5) is 10.5 Å². The molecule has 0 aliphatic carbocycles. The number of rotatable bonds is 4. The Labute approximate surface area is 97.5 Å².